The second-order valence-corrected chi connectivity index (χ2v) is 3.99. The van der Waals surface area contributed by atoms with Gasteiger partial charge >= 0.3 is 0 Å². The van der Waals surface area contributed by atoms with E-state index in [0.717, 1.165) is 12.8 Å². The zero-order valence-corrected chi connectivity index (χ0v) is 8.66. The third kappa shape index (κ3) is 1.80. The molecule has 0 amide bonds. The normalized spacial score (nSPS) is 17.6. The summed E-state index contributed by atoms with van der Waals surface area (Å²) in [6, 6.07) is -0.199. The van der Waals surface area contributed by atoms with E-state index in [4.69, 9.17) is 0 Å². The van der Waals surface area contributed by atoms with Gasteiger partial charge in [0, 0.05) is 17.7 Å². The van der Waals surface area contributed by atoms with Crippen molar-refractivity contribution in [1.82, 2.24) is 5.32 Å². The Morgan fingerprint density at radius 2 is 1.75 bits per heavy atom. The molecule has 1 N–H and O–H groups in total. The van der Waals surface area contributed by atoms with Crippen LogP contribution in [0.25, 0.3) is 0 Å². The molecule has 1 aromatic carbocycles. The van der Waals surface area contributed by atoms with Crippen LogP contribution in [0.15, 0.2) is 6.07 Å². The van der Waals surface area contributed by atoms with Crippen LogP contribution in [-0.2, 0) is 0 Å². The van der Waals surface area contributed by atoms with Crippen molar-refractivity contribution in [2.75, 3.05) is 7.05 Å². The zero-order chi connectivity index (χ0) is 11.9. The molecule has 1 unspecified atom stereocenters. The van der Waals surface area contributed by atoms with E-state index in [1.807, 2.05) is 0 Å². The minimum Gasteiger partial charge on any atom is -0.313 e. The minimum atomic E-state index is -1.61. The lowest BCUT2D eigenvalue weighted by atomic mass is 10.0. The second kappa shape index (κ2) is 4.05. The van der Waals surface area contributed by atoms with Crippen molar-refractivity contribution in [2.45, 2.75) is 18.9 Å². The van der Waals surface area contributed by atoms with E-state index in [2.05, 4.69) is 5.32 Å². The zero-order valence-electron chi connectivity index (χ0n) is 8.66. The highest BCUT2D eigenvalue weighted by Crippen LogP contribution is 2.42. The average Bonchev–Trinajstić information content (AvgIpc) is 3.05. The van der Waals surface area contributed by atoms with Crippen LogP contribution in [0.3, 0.4) is 0 Å². The summed E-state index contributed by atoms with van der Waals surface area (Å²) < 4.78 is 52.6. The van der Waals surface area contributed by atoms with Gasteiger partial charge in [-0.3, -0.25) is 0 Å². The van der Waals surface area contributed by atoms with Crippen molar-refractivity contribution >= 4 is 0 Å². The predicted octanol–water partition coefficient (Wildman–Crippen LogP) is 2.91. The first-order valence-electron chi connectivity index (χ1n) is 5.06. The molecule has 0 aliphatic heterocycles. The van der Waals surface area contributed by atoms with Gasteiger partial charge in [-0.25, -0.2) is 17.6 Å². The highest BCUT2D eigenvalue weighted by Gasteiger charge is 2.36. The van der Waals surface area contributed by atoms with E-state index in [1.54, 1.807) is 7.05 Å². The summed E-state index contributed by atoms with van der Waals surface area (Å²) in [5, 5.41) is 2.74. The maximum atomic E-state index is 13.5. The van der Waals surface area contributed by atoms with Crippen LogP contribution in [0, 0.1) is 29.2 Å². The quantitative estimate of drug-likeness (QED) is 0.481. The van der Waals surface area contributed by atoms with E-state index in [9.17, 15) is 17.6 Å². The molecule has 16 heavy (non-hydrogen) atoms. The number of nitrogens with one attached hydrogen (secondary N) is 1. The SMILES string of the molecule is CNC(c1c(F)cc(F)c(F)c1F)C1CC1. The largest absolute Gasteiger partial charge is 0.313 e. The molecule has 1 aromatic rings. The molecule has 0 spiro atoms. The van der Waals surface area contributed by atoms with Gasteiger partial charge in [-0.1, -0.05) is 0 Å². The van der Waals surface area contributed by atoms with Crippen molar-refractivity contribution in [1.29, 1.82) is 0 Å². The summed E-state index contributed by atoms with van der Waals surface area (Å²) >= 11 is 0. The monoisotopic (exact) mass is 233 g/mol. The Hall–Kier alpha value is -1.10. The lowest BCUT2D eigenvalue weighted by molar-refractivity contribution is 0.397. The van der Waals surface area contributed by atoms with Gasteiger partial charge in [0.2, 0.25) is 0 Å². The molecule has 1 saturated carbocycles. The predicted molar refractivity (Wildman–Crippen MR) is 50.8 cm³/mol. The first-order valence-corrected chi connectivity index (χ1v) is 5.06. The molecule has 2 rings (SSSR count). The Morgan fingerprint density at radius 1 is 1.12 bits per heavy atom. The summed E-state index contributed by atoms with van der Waals surface area (Å²) in [4.78, 5) is 0. The van der Waals surface area contributed by atoms with E-state index in [1.165, 1.54) is 0 Å². The van der Waals surface area contributed by atoms with Crippen LogP contribution in [-0.4, -0.2) is 7.05 Å². The van der Waals surface area contributed by atoms with Crippen LogP contribution in [0.2, 0.25) is 0 Å². The molecule has 1 fully saturated rings. The number of benzene rings is 1. The van der Waals surface area contributed by atoms with Crippen molar-refractivity contribution < 1.29 is 17.6 Å². The fourth-order valence-electron chi connectivity index (χ4n) is 1.91. The van der Waals surface area contributed by atoms with E-state index in [-0.39, 0.29) is 5.92 Å². The standard InChI is InChI=1S/C11H11F4N/c1-16-11(5-2-3-5)8-6(12)4-7(13)9(14)10(8)15/h4-5,11,16H,2-3H2,1H3. The molecule has 1 atom stereocenters. The lowest BCUT2D eigenvalue weighted by Crippen LogP contribution is -2.22. The fraction of sp³-hybridized carbons (Fsp3) is 0.455. The molecule has 5 heteroatoms. The Kier molecular flexibility index (Phi) is 2.88. The number of hydrogen-bond acceptors (Lipinski definition) is 1. The summed E-state index contributed by atoms with van der Waals surface area (Å²) in [6.45, 7) is 0. The van der Waals surface area contributed by atoms with Crippen molar-refractivity contribution in [2.24, 2.45) is 5.92 Å². The highest BCUT2D eigenvalue weighted by molar-refractivity contribution is 5.27. The number of halogens is 4. The summed E-state index contributed by atoms with van der Waals surface area (Å²) in [6.07, 6.45) is 1.67. The van der Waals surface area contributed by atoms with Gasteiger partial charge in [0.05, 0.1) is 0 Å². The van der Waals surface area contributed by atoms with Crippen LogP contribution < -0.4 is 5.32 Å². The van der Waals surface area contributed by atoms with E-state index >= 15 is 0 Å². The van der Waals surface area contributed by atoms with E-state index < -0.39 is 34.9 Å². The average molecular weight is 233 g/mol. The third-order valence-corrected chi connectivity index (χ3v) is 2.87. The maximum absolute atomic E-state index is 13.5. The van der Waals surface area contributed by atoms with Crippen LogP contribution in [0.5, 0.6) is 0 Å². The Balaban J connectivity index is 2.49. The molecule has 1 nitrogen and oxygen atoms in total. The van der Waals surface area contributed by atoms with Crippen molar-refractivity contribution in [3.8, 4) is 0 Å². The molecular formula is C11H11F4N. The van der Waals surface area contributed by atoms with Gasteiger partial charge in [-0.2, -0.15) is 0 Å². The molecule has 1 aliphatic rings. The fourth-order valence-corrected chi connectivity index (χ4v) is 1.91. The Morgan fingerprint density at radius 3 is 2.25 bits per heavy atom. The Labute approximate surface area is 90.5 Å². The molecule has 0 aromatic heterocycles. The topological polar surface area (TPSA) is 12.0 Å². The second-order valence-electron chi connectivity index (χ2n) is 3.99. The lowest BCUT2D eigenvalue weighted by Gasteiger charge is -2.17. The van der Waals surface area contributed by atoms with Gasteiger partial charge in [-0.05, 0) is 25.8 Å². The maximum Gasteiger partial charge on any atom is 0.194 e. The third-order valence-electron chi connectivity index (χ3n) is 2.87. The molecule has 0 heterocycles. The summed E-state index contributed by atoms with van der Waals surface area (Å²) in [7, 11) is 1.54. The van der Waals surface area contributed by atoms with Crippen LogP contribution in [0.4, 0.5) is 17.6 Å². The van der Waals surface area contributed by atoms with Crippen molar-refractivity contribution in [3.63, 3.8) is 0 Å². The van der Waals surface area contributed by atoms with Crippen LogP contribution >= 0.6 is 0 Å². The smallest absolute Gasteiger partial charge is 0.194 e. The number of hydrogen-bond donors (Lipinski definition) is 1. The van der Waals surface area contributed by atoms with Crippen LogP contribution in [0.1, 0.15) is 24.4 Å². The molecule has 88 valence electrons. The van der Waals surface area contributed by atoms with Gasteiger partial charge < -0.3 is 5.32 Å². The molecular weight excluding hydrogens is 222 g/mol. The van der Waals surface area contributed by atoms with Gasteiger partial charge in [-0.15, -0.1) is 0 Å². The first kappa shape index (κ1) is 11.4. The van der Waals surface area contributed by atoms with Gasteiger partial charge in [0.1, 0.15) is 5.82 Å². The summed E-state index contributed by atoms with van der Waals surface area (Å²) in [5.41, 5.74) is -0.399. The molecule has 0 radical (unpaired) electrons. The first-order chi connectivity index (χ1) is 7.56. The molecule has 0 bridgehead atoms. The minimum absolute atomic E-state index is 0.0962. The summed E-state index contributed by atoms with van der Waals surface area (Å²) in [5.74, 6) is -5.48. The Bertz CT molecular complexity index is 415. The van der Waals surface area contributed by atoms with Gasteiger partial charge in [0.15, 0.2) is 17.5 Å². The molecule has 1 aliphatic carbocycles. The molecule has 0 saturated heterocycles. The van der Waals surface area contributed by atoms with E-state index in [0.29, 0.717) is 6.07 Å². The van der Waals surface area contributed by atoms with Gasteiger partial charge in [0.25, 0.3) is 0 Å². The highest BCUT2D eigenvalue weighted by atomic mass is 19.2. The van der Waals surface area contributed by atoms with Crippen molar-refractivity contribution in [3.05, 3.63) is 34.9 Å². The number of rotatable bonds is 3.